The maximum Gasteiger partial charge on any atom is 0.318 e. The highest BCUT2D eigenvalue weighted by atomic mass is 35.5. The van der Waals surface area contributed by atoms with Gasteiger partial charge < -0.3 is 20.1 Å². The van der Waals surface area contributed by atoms with Crippen LogP contribution in [0.1, 0.15) is 0 Å². The third kappa shape index (κ3) is 3.99. The maximum atomic E-state index is 6.06. The summed E-state index contributed by atoms with van der Waals surface area (Å²) in [4.78, 5) is 10.1. The highest BCUT2D eigenvalue weighted by molar-refractivity contribution is 6.32. The molecular formula is C10H17ClN4O2. The molecule has 7 heteroatoms. The summed E-state index contributed by atoms with van der Waals surface area (Å²) in [5.74, 6) is 0.612. The molecule has 0 saturated carbocycles. The summed E-state index contributed by atoms with van der Waals surface area (Å²) in [5.41, 5.74) is 5.56. The minimum atomic E-state index is 0.281. The van der Waals surface area contributed by atoms with Crippen LogP contribution in [0.5, 0.6) is 6.01 Å². The van der Waals surface area contributed by atoms with Crippen molar-refractivity contribution >= 4 is 17.4 Å². The first-order valence-corrected chi connectivity index (χ1v) is 5.61. The number of hydrogen-bond donors (Lipinski definition) is 1. The van der Waals surface area contributed by atoms with Crippen molar-refractivity contribution in [3.05, 3.63) is 11.2 Å². The fraction of sp³-hybridized carbons (Fsp3) is 0.600. The number of methoxy groups -OCH3 is 2. The van der Waals surface area contributed by atoms with Crippen LogP contribution < -0.4 is 15.4 Å². The van der Waals surface area contributed by atoms with E-state index >= 15 is 0 Å². The Bertz CT molecular complexity index is 351. The van der Waals surface area contributed by atoms with Crippen molar-refractivity contribution in [2.24, 2.45) is 5.73 Å². The lowest BCUT2D eigenvalue weighted by Gasteiger charge is -2.23. The molecule has 0 amide bonds. The van der Waals surface area contributed by atoms with Gasteiger partial charge in [0.15, 0.2) is 5.82 Å². The van der Waals surface area contributed by atoms with Crippen LogP contribution in [0.2, 0.25) is 5.02 Å². The Morgan fingerprint density at radius 3 is 2.76 bits per heavy atom. The molecule has 6 nitrogen and oxygen atoms in total. The van der Waals surface area contributed by atoms with E-state index in [2.05, 4.69) is 9.97 Å². The molecule has 0 saturated heterocycles. The minimum absolute atomic E-state index is 0.281. The lowest BCUT2D eigenvalue weighted by molar-refractivity contribution is 0.205. The van der Waals surface area contributed by atoms with E-state index in [-0.39, 0.29) is 6.01 Å². The Kier molecular flexibility index (Phi) is 5.96. The molecule has 96 valence electrons. The highest BCUT2D eigenvalue weighted by Crippen LogP contribution is 2.23. The van der Waals surface area contributed by atoms with Crippen LogP contribution in [-0.4, -0.2) is 50.4 Å². The van der Waals surface area contributed by atoms with E-state index in [1.54, 1.807) is 7.11 Å². The molecule has 0 spiro atoms. The summed E-state index contributed by atoms with van der Waals surface area (Å²) >= 11 is 6.06. The predicted octanol–water partition coefficient (Wildman–Crippen LogP) is 0.550. The van der Waals surface area contributed by atoms with E-state index in [0.29, 0.717) is 37.1 Å². The Labute approximate surface area is 106 Å². The molecule has 0 atom stereocenters. The van der Waals surface area contributed by atoms with Crippen molar-refractivity contribution in [3.8, 4) is 6.01 Å². The molecule has 0 unspecified atom stereocenters. The van der Waals surface area contributed by atoms with Crippen LogP contribution in [0, 0.1) is 0 Å². The first-order valence-electron chi connectivity index (χ1n) is 5.23. The van der Waals surface area contributed by atoms with Crippen molar-refractivity contribution in [2.45, 2.75) is 0 Å². The van der Waals surface area contributed by atoms with Crippen LogP contribution in [0.15, 0.2) is 6.20 Å². The van der Waals surface area contributed by atoms with Crippen molar-refractivity contribution in [1.29, 1.82) is 0 Å². The Hall–Kier alpha value is -1.11. The molecule has 1 rings (SSSR count). The zero-order valence-electron chi connectivity index (χ0n) is 10.0. The second-order valence-corrected chi connectivity index (χ2v) is 3.70. The van der Waals surface area contributed by atoms with Crippen LogP contribution in [-0.2, 0) is 4.74 Å². The van der Waals surface area contributed by atoms with Crippen LogP contribution >= 0.6 is 11.6 Å². The summed E-state index contributed by atoms with van der Waals surface area (Å²) in [7, 11) is 3.15. The van der Waals surface area contributed by atoms with Gasteiger partial charge in [0.05, 0.1) is 19.9 Å². The topological polar surface area (TPSA) is 73.5 Å². The van der Waals surface area contributed by atoms with Gasteiger partial charge in [-0.2, -0.15) is 4.98 Å². The number of aromatic nitrogens is 2. The van der Waals surface area contributed by atoms with Crippen molar-refractivity contribution in [3.63, 3.8) is 0 Å². The van der Waals surface area contributed by atoms with Gasteiger partial charge in [-0.05, 0) is 0 Å². The molecule has 0 aliphatic rings. The minimum Gasteiger partial charge on any atom is -0.467 e. The average Bonchev–Trinajstić information content (AvgIpc) is 2.35. The van der Waals surface area contributed by atoms with Crippen molar-refractivity contribution in [1.82, 2.24) is 9.97 Å². The molecule has 0 aromatic carbocycles. The Balaban J connectivity index is 2.90. The lowest BCUT2D eigenvalue weighted by atomic mass is 10.4. The first-order chi connectivity index (χ1) is 8.22. The normalized spacial score (nSPS) is 10.4. The molecule has 2 N–H and O–H groups in total. The average molecular weight is 261 g/mol. The first kappa shape index (κ1) is 14.0. The zero-order chi connectivity index (χ0) is 12.7. The van der Waals surface area contributed by atoms with E-state index in [0.717, 1.165) is 0 Å². The standard InChI is InChI=1S/C10H17ClN4O2/c1-16-6-5-15(4-3-12)9-8(11)7-13-10(14-9)17-2/h7H,3-6,12H2,1-2H3. The number of hydrogen-bond acceptors (Lipinski definition) is 6. The van der Waals surface area contributed by atoms with E-state index in [1.165, 1.54) is 13.3 Å². The fourth-order valence-corrected chi connectivity index (χ4v) is 1.55. The molecule has 0 bridgehead atoms. The largest absolute Gasteiger partial charge is 0.467 e. The molecule has 0 aliphatic heterocycles. The van der Waals surface area contributed by atoms with Gasteiger partial charge in [-0.25, -0.2) is 4.98 Å². The van der Waals surface area contributed by atoms with Gasteiger partial charge in [-0.15, -0.1) is 0 Å². The number of rotatable bonds is 7. The van der Waals surface area contributed by atoms with Gasteiger partial charge in [0.2, 0.25) is 0 Å². The molecular weight excluding hydrogens is 244 g/mol. The van der Waals surface area contributed by atoms with Gasteiger partial charge in [-0.3, -0.25) is 0 Å². The predicted molar refractivity (Wildman–Crippen MR) is 66.7 cm³/mol. The van der Waals surface area contributed by atoms with Gasteiger partial charge in [-0.1, -0.05) is 11.6 Å². The number of ether oxygens (including phenoxy) is 2. The molecule has 0 fully saturated rings. The quantitative estimate of drug-likeness (QED) is 0.772. The molecule has 17 heavy (non-hydrogen) atoms. The highest BCUT2D eigenvalue weighted by Gasteiger charge is 2.13. The summed E-state index contributed by atoms with van der Waals surface area (Å²) in [6.07, 6.45) is 1.51. The molecule has 1 aromatic heterocycles. The number of anilines is 1. The molecule has 0 radical (unpaired) electrons. The zero-order valence-corrected chi connectivity index (χ0v) is 10.8. The molecule has 1 heterocycles. The number of nitrogens with zero attached hydrogens (tertiary/aromatic N) is 3. The fourth-order valence-electron chi connectivity index (χ4n) is 1.34. The summed E-state index contributed by atoms with van der Waals surface area (Å²) in [6, 6.07) is 0.281. The summed E-state index contributed by atoms with van der Waals surface area (Å²) in [5, 5.41) is 0.468. The second-order valence-electron chi connectivity index (χ2n) is 3.30. The Morgan fingerprint density at radius 2 is 2.18 bits per heavy atom. The van der Waals surface area contributed by atoms with Gasteiger partial charge in [0.25, 0.3) is 0 Å². The lowest BCUT2D eigenvalue weighted by Crippen LogP contribution is -2.33. The third-order valence-electron chi connectivity index (χ3n) is 2.15. The summed E-state index contributed by atoms with van der Waals surface area (Å²) < 4.78 is 10.0. The van der Waals surface area contributed by atoms with Crippen LogP contribution in [0.3, 0.4) is 0 Å². The summed E-state index contributed by atoms with van der Waals surface area (Å²) in [6.45, 7) is 2.38. The smallest absolute Gasteiger partial charge is 0.318 e. The van der Waals surface area contributed by atoms with Crippen molar-refractivity contribution < 1.29 is 9.47 Å². The molecule has 0 aliphatic carbocycles. The SMILES string of the molecule is COCCN(CCN)c1nc(OC)ncc1Cl. The van der Waals surface area contributed by atoms with Gasteiger partial charge in [0, 0.05) is 26.7 Å². The van der Waals surface area contributed by atoms with Crippen molar-refractivity contribution in [2.75, 3.05) is 45.4 Å². The Morgan fingerprint density at radius 1 is 1.41 bits per heavy atom. The monoisotopic (exact) mass is 260 g/mol. The second kappa shape index (κ2) is 7.26. The van der Waals surface area contributed by atoms with Crippen LogP contribution in [0.25, 0.3) is 0 Å². The van der Waals surface area contributed by atoms with E-state index in [4.69, 9.17) is 26.8 Å². The van der Waals surface area contributed by atoms with Gasteiger partial charge >= 0.3 is 6.01 Å². The molecule has 1 aromatic rings. The van der Waals surface area contributed by atoms with E-state index < -0.39 is 0 Å². The maximum absolute atomic E-state index is 6.06. The van der Waals surface area contributed by atoms with E-state index in [1.807, 2.05) is 4.90 Å². The number of halogens is 1. The van der Waals surface area contributed by atoms with Crippen LogP contribution in [0.4, 0.5) is 5.82 Å². The number of nitrogens with two attached hydrogens (primary N) is 1. The van der Waals surface area contributed by atoms with E-state index in [9.17, 15) is 0 Å². The van der Waals surface area contributed by atoms with Gasteiger partial charge in [0.1, 0.15) is 5.02 Å². The third-order valence-corrected chi connectivity index (χ3v) is 2.42.